The number of aromatic nitrogens is 2. The van der Waals surface area contributed by atoms with Gasteiger partial charge in [-0.05, 0) is 24.6 Å². The van der Waals surface area contributed by atoms with Crippen LogP contribution in [0.5, 0.6) is 0 Å². The standard InChI is InChI=1S/C17H20N4O4/c1-2-13-12(22)10-15(25-13)21-9-8-14(20-17(21)24)19-16(23)18-11-6-4-3-5-7-11/h3-9,12-13,15,22H,2,10H2,1H3,(H2,18,19,20,23,24)/t12-,13-,15-/m1/s1. The molecule has 1 fully saturated rings. The van der Waals surface area contributed by atoms with Crippen LogP contribution in [-0.2, 0) is 4.74 Å². The summed E-state index contributed by atoms with van der Waals surface area (Å²) < 4.78 is 6.98. The molecule has 3 atom stereocenters. The van der Waals surface area contributed by atoms with Crippen LogP contribution in [0.25, 0.3) is 0 Å². The molecule has 1 aromatic carbocycles. The number of amides is 2. The fourth-order valence-corrected chi connectivity index (χ4v) is 2.76. The van der Waals surface area contributed by atoms with Gasteiger partial charge in [0.15, 0.2) is 0 Å². The van der Waals surface area contributed by atoms with Gasteiger partial charge in [-0.25, -0.2) is 9.59 Å². The first-order valence-electron chi connectivity index (χ1n) is 8.12. The number of hydrogen-bond donors (Lipinski definition) is 3. The van der Waals surface area contributed by atoms with Gasteiger partial charge in [0.25, 0.3) is 0 Å². The van der Waals surface area contributed by atoms with Crippen LogP contribution in [0.3, 0.4) is 0 Å². The van der Waals surface area contributed by atoms with Crippen LogP contribution in [0, 0.1) is 0 Å². The van der Waals surface area contributed by atoms with E-state index in [4.69, 9.17) is 4.74 Å². The number of nitrogens with zero attached hydrogens (tertiary/aromatic N) is 2. The van der Waals surface area contributed by atoms with Crippen molar-refractivity contribution in [3.05, 3.63) is 53.1 Å². The lowest BCUT2D eigenvalue weighted by Crippen LogP contribution is -2.29. The largest absolute Gasteiger partial charge is 0.390 e. The third-order valence-corrected chi connectivity index (χ3v) is 4.02. The molecule has 1 aliphatic heterocycles. The maximum absolute atomic E-state index is 12.2. The topological polar surface area (TPSA) is 105 Å². The minimum absolute atomic E-state index is 0.139. The lowest BCUT2D eigenvalue weighted by atomic mass is 10.1. The molecule has 132 valence electrons. The molecule has 3 rings (SSSR count). The first-order chi connectivity index (χ1) is 12.1. The smallest absolute Gasteiger partial charge is 0.351 e. The fraction of sp³-hybridized carbons (Fsp3) is 0.353. The van der Waals surface area contributed by atoms with Gasteiger partial charge >= 0.3 is 11.7 Å². The Bertz CT molecular complexity index is 793. The summed E-state index contributed by atoms with van der Waals surface area (Å²) in [6, 6.07) is 9.96. The Morgan fingerprint density at radius 2 is 2.08 bits per heavy atom. The average Bonchev–Trinajstić information content (AvgIpc) is 2.96. The van der Waals surface area contributed by atoms with E-state index in [2.05, 4.69) is 15.6 Å². The summed E-state index contributed by atoms with van der Waals surface area (Å²) in [4.78, 5) is 28.0. The number of benzene rings is 1. The Balaban J connectivity index is 1.66. The van der Waals surface area contributed by atoms with Crippen LogP contribution < -0.4 is 16.3 Å². The number of aliphatic hydroxyl groups excluding tert-OH is 1. The van der Waals surface area contributed by atoms with Gasteiger partial charge in [-0.3, -0.25) is 9.88 Å². The minimum Gasteiger partial charge on any atom is -0.390 e. The number of ether oxygens (including phenoxy) is 1. The number of carbonyl (C=O) groups is 1. The van der Waals surface area contributed by atoms with Crippen LogP contribution in [-0.4, -0.2) is 32.9 Å². The van der Waals surface area contributed by atoms with Gasteiger partial charge in [0.05, 0.1) is 12.2 Å². The third-order valence-electron chi connectivity index (χ3n) is 4.02. The van der Waals surface area contributed by atoms with Gasteiger partial charge in [-0.1, -0.05) is 25.1 Å². The highest BCUT2D eigenvalue weighted by Crippen LogP contribution is 2.29. The van der Waals surface area contributed by atoms with Crippen molar-refractivity contribution >= 4 is 17.5 Å². The molecule has 0 aliphatic carbocycles. The van der Waals surface area contributed by atoms with Crippen molar-refractivity contribution in [1.82, 2.24) is 9.55 Å². The number of para-hydroxylation sites is 1. The Hall–Kier alpha value is -2.71. The maximum atomic E-state index is 12.2. The van der Waals surface area contributed by atoms with E-state index in [1.54, 1.807) is 24.3 Å². The third kappa shape index (κ3) is 4.04. The highest BCUT2D eigenvalue weighted by atomic mass is 16.5. The molecule has 1 aromatic heterocycles. The Morgan fingerprint density at radius 1 is 1.32 bits per heavy atom. The molecule has 2 aromatic rings. The number of anilines is 2. The molecule has 2 amide bonds. The molecule has 25 heavy (non-hydrogen) atoms. The van der Waals surface area contributed by atoms with Crippen LogP contribution in [0.1, 0.15) is 26.0 Å². The van der Waals surface area contributed by atoms with Gasteiger partial charge in [0, 0.05) is 18.3 Å². The Kier molecular flexibility index (Phi) is 5.11. The van der Waals surface area contributed by atoms with Crippen molar-refractivity contribution < 1.29 is 14.6 Å². The first-order valence-corrected chi connectivity index (χ1v) is 8.12. The van der Waals surface area contributed by atoms with E-state index in [9.17, 15) is 14.7 Å². The second kappa shape index (κ2) is 7.45. The minimum atomic E-state index is -0.601. The van der Waals surface area contributed by atoms with Gasteiger partial charge in [0.1, 0.15) is 12.0 Å². The summed E-state index contributed by atoms with van der Waals surface area (Å²) in [6.07, 6.45) is 1.07. The molecule has 0 spiro atoms. The van der Waals surface area contributed by atoms with Crippen molar-refractivity contribution in [2.45, 2.75) is 38.2 Å². The van der Waals surface area contributed by atoms with Crippen LogP contribution in [0.2, 0.25) is 0 Å². The van der Waals surface area contributed by atoms with Crippen LogP contribution in [0.15, 0.2) is 47.4 Å². The predicted molar refractivity (Wildman–Crippen MR) is 92.4 cm³/mol. The maximum Gasteiger partial charge on any atom is 0.351 e. The van der Waals surface area contributed by atoms with Gasteiger partial charge in [-0.15, -0.1) is 0 Å². The molecule has 8 nitrogen and oxygen atoms in total. The quantitative estimate of drug-likeness (QED) is 0.786. The van der Waals surface area contributed by atoms with Crippen LogP contribution >= 0.6 is 0 Å². The number of hydrogen-bond acceptors (Lipinski definition) is 5. The van der Waals surface area contributed by atoms with Crippen molar-refractivity contribution in [3.8, 4) is 0 Å². The summed E-state index contributed by atoms with van der Waals surface area (Å²) in [5.41, 5.74) is 0.0822. The van der Waals surface area contributed by atoms with E-state index >= 15 is 0 Å². The van der Waals surface area contributed by atoms with E-state index in [0.29, 0.717) is 18.5 Å². The summed E-state index contributed by atoms with van der Waals surface area (Å²) in [5.74, 6) is 0.139. The normalized spacial score (nSPS) is 22.6. The van der Waals surface area contributed by atoms with E-state index in [-0.39, 0.29) is 11.9 Å². The summed E-state index contributed by atoms with van der Waals surface area (Å²) >= 11 is 0. The highest BCUT2D eigenvalue weighted by molar-refractivity contribution is 5.99. The summed E-state index contributed by atoms with van der Waals surface area (Å²) in [7, 11) is 0. The van der Waals surface area contributed by atoms with Crippen molar-refractivity contribution in [3.63, 3.8) is 0 Å². The van der Waals surface area contributed by atoms with Gasteiger partial charge in [-0.2, -0.15) is 4.98 Å². The molecule has 2 heterocycles. The second-order valence-corrected chi connectivity index (χ2v) is 5.79. The highest BCUT2D eigenvalue weighted by Gasteiger charge is 2.34. The lowest BCUT2D eigenvalue weighted by molar-refractivity contribution is -0.0216. The van der Waals surface area contributed by atoms with Crippen LogP contribution in [0.4, 0.5) is 16.3 Å². The Morgan fingerprint density at radius 3 is 2.72 bits per heavy atom. The second-order valence-electron chi connectivity index (χ2n) is 5.79. The molecular formula is C17H20N4O4. The summed E-state index contributed by atoms with van der Waals surface area (Å²) in [6.45, 7) is 1.91. The zero-order valence-electron chi connectivity index (χ0n) is 13.8. The number of aliphatic hydroxyl groups is 1. The SMILES string of the molecule is CC[C@H]1O[C@@H](n2ccc(NC(=O)Nc3ccccc3)nc2=O)C[C@H]1O. The lowest BCUT2D eigenvalue weighted by Gasteiger charge is -2.15. The molecule has 1 saturated heterocycles. The zero-order valence-corrected chi connectivity index (χ0v) is 13.8. The van der Waals surface area contributed by atoms with Crippen molar-refractivity contribution in [2.75, 3.05) is 10.6 Å². The molecule has 3 N–H and O–H groups in total. The summed E-state index contributed by atoms with van der Waals surface area (Å²) in [5, 5.41) is 15.1. The molecule has 8 heteroatoms. The zero-order chi connectivity index (χ0) is 17.8. The van der Waals surface area contributed by atoms with E-state index < -0.39 is 24.1 Å². The van der Waals surface area contributed by atoms with Gasteiger partial charge in [0.2, 0.25) is 0 Å². The number of carbonyl (C=O) groups excluding carboxylic acids is 1. The molecule has 0 unspecified atom stereocenters. The number of urea groups is 1. The molecule has 0 saturated carbocycles. The molecule has 0 radical (unpaired) electrons. The molecule has 0 bridgehead atoms. The fourth-order valence-electron chi connectivity index (χ4n) is 2.76. The molecule has 1 aliphatic rings. The first kappa shape index (κ1) is 17.1. The monoisotopic (exact) mass is 344 g/mol. The van der Waals surface area contributed by atoms with Crippen molar-refractivity contribution in [1.29, 1.82) is 0 Å². The van der Waals surface area contributed by atoms with E-state index in [1.165, 1.54) is 16.8 Å². The molecular weight excluding hydrogens is 324 g/mol. The number of rotatable bonds is 4. The van der Waals surface area contributed by atoms with Gasteiger partial charge < -0.3 is 15.2 Å². The van der Waals surface area contributed by atoms with E-state index in [1.807, 2.05) is 13.0 Å². The predicted octanol–water partition coefficient (Wildman–Crippen LogP) is 1.95. The van der Waals surface area contributed by atoms with Crippen molar-refractivity contribution in [2.24, 2.45) is 0 Å². The average molecular weight is 344 g/mol. The van der Waals surface area contributed by atoms with E-state index in [0.717, 1.165) is 0 Å². The number of nitrogens with one attached hydrogen (secondary N) is 2. The Labute approximate surface area is 144 Å².